The van der Waals surface area contributed by atoms with Crippen LogP contribution in [0.5, 0.6) is 0 Å². The minimum atomic E-state index is -3.83. The molecule has 0 saturated heterocycles. The van der Waals surface area contributed by atoms with Crippen molar-refractivity contribution in [1.29, 1.82) is 0 Å². The summed E-state index contributed by atoms with van der Waals surface area (Å²) in [6.07, 6.45) is 3.21. The molecule has 0 saturated carbocycles. The summed E-state index contributed by atoms with van der Waals surface area (Å²) in [6.45, 7) is 0. The lowest BCUT2D eigenvalue weighted by atomic mass is 10.1. The number of hydrogen-bond acceptors (Lipinski definition) is 7. The monoisotopic (exact) mass is 392 g/mol. The normalized spacial score (nSPS) is 11.5. The van der Waals surface area contributed by atoms with Crippen LogP contribution in [-0.2, 0) is 10.0 Å². The van der Waals surface area contributed by atoms with Gasteiger partial charge >= 0.3 is 0 Å². The van der Waals surface area contributed by atoms with Crippen LogP contribution >= 0.6 is 0 Å². The Labute approximate surface area is 161 Å². The smallest absolute Gasteiger partial charge is 0.238 e. The average Bonchev–Trinajstić information content (AvgIpc) is 2.67. The van der Waals surface area contributed by atoms with Gasteiger partial charge in [0.1, 0.15) is 5.82 Å². The molecule has 28 heavy (non-hydrogen) atoms. The second kappa shape index (κ2) is 6.87. The molecule has 0 aliphatic rings. The van der Waals surface area contributed by atoms with E-state index in [-0.39, 0.29) is 10.8 Å². The molecule has 2 heterocycles. The van der Waals surface area contributed by atoms with Crippen molar-refractivity contribution in [2.45, 2.75) is 4.90 Å². The molecule has 8 nitrogen and oxygen atoms in total. The van der Waals surface area contributed by atoms with Crippen LogP contribution in [0, 0.1) is 0 Å². The Bertz CT molecular complexity index is 1290. The molecule has 4 aromatic rings. The van der Waals surface area contributed by atoms with Crippen LogP contribution in [0.4, 0.5) is 17.5 Å². The minimum Gasteiger partial charge on any atom is -0.368 e. The van der Waals surface area contributed by atoms with Crippen LogP contribution < -0.4 is 16.2 Å². The molecule has 0 amide bonds. The van der Waals surface area contributed by atoms with Gasteiger partial charge in [0, 0.05) is 17.1 Å². The Balaban J connectivity index is 1.78. The highest BCUT2D eigenvalue weighted by Gasteiger charge is 2.13. The van der Waals surface area contributed by atoms with E-state index >= 15 is 0 Å². The third-order valence-electron chi connectivity index (χ3n) is 4.13. The van der Waals surface area contributed by atoms with Crippen molar-refractivity contribution in [3.63, 3.8) is 0 Å². The fourth-order valence-electron chi connectivity index (χ4n) is 2.82. The first-order valence-corrected chi connectivity index (χ1v) is 9.82. The number of fused-ring (bicyclic) bond motifs is 1. The van der Waals surface area contributed by atoms with Crippen molar-refractivity contribution < 1.29 is 8.42 Å². The zero-order valence-corrected chi connectivity index (χ0v) is 15.4. The average molecular weight is 392 g/mol. The molecule has 0 fully saturated rings. The van der Waals surface area contributed by atoms with Crippen LogP contribution in [-0.4, -0.2) is 23.4 Å². The minimum absolute atomic E-state index is 0.000136. The molecule has 0 atom stereocenters. The molecular formula is C19H16N6O2S. The van der Waals surface area contributed by atoms with E-state index in [0.717, 1.165) is 10.9 Å². The van der Waals surface area contributed by atoms with E-state index in [9.17, 15) is 8.42 Å². The molecular weight excluding hydrogens is 376 g/mol. The van der Waals surface area contributed by atoms with Crippen molar-refractivity contribution in [2.24, 2.45) is 5.14 Å². The number of nitrogens with one attached hydrogen (secondary N) is 1. The summed E-state index contributed by atoms with van der Waals surface area (Å²) in [7, 11) is -3.83. The molecule has 2 aromatic heterocycles. The van der Waals surface area contributed by atoms with Gasteiger partial charge in [-0.15, -0.1) is 0 Å². The van der Waals surface area contributed by atoms with Crippen molar-refractivity contribution >= 4 is 38.4 Å². The van der Waals surface area contributed by atoms with Crippen molar-refractivity contribution in [3.05, 3.63) is 67.0 Å². The number of nitrogen functional groups attached to an aromatic ring is 1. The summed E-state index contributed by atoms with van der Waals surface area (Å²) in [6, 6.07) is 15.9. The third-order valence-corrected chi connectivity index (χ3v) is 5.05. The van der Waals surface area contributed by atoms with Gasteiger partial charge in [-0.3, -0.25) is 4.98 Å². The highest BCUT2D eigenvalue weighted by molar-refractivity contribution is 7.89. The SMILES string of the molecule is Nc1ncc(-c2cccc(S(N)(=O)=O)c2)c(Nc2cnc3ccccc3c2)n1. The Hall–Kier alpha value is -3.56. The summed E-state index contributed by atoms with van der Waals surface area (Å²) in [5.74, 6) is 0.513. The van der Waals surface area contributed by atoms with Crippen molar-refractivity contribution in [2.75, 3.05) is 11.1 Å². The van der Waals surface area contributed by atoms with Crippen molar-refractivity contribution in [1.82, 2.24) is 15.0 Å². The molecule has 0 aliphatic heterocycles. The van der Waals surface area contributed by atoms with Crippen LogP contribution in [0.2, 0.25) is 0 Å². The Morgan fingerprint density at radius 1 is 0.929 bits per heavy atom. The number of benzene rings is 2. The van der Waals surface area contributed by atoms with Gasteiger partial charge in [0.25, 0.3) is 0 Å². The number of para-hydroxylation sites is 1. The number of sulfonamides is 1. The quantitative estimate of drug-likeness (QED) is 0.485. The van der Waals surface area contributed by atoms with Crippen molar-refractivity contribution in [3.8, 4) is 11.1 Å². The van der Waals surface area contributed by atoms with Crippen LogP contribution in [0.1, 0.15) is 0 Å². The Kier molecular flexibility index (Phi) is 4.38. The highest BCUT2D eigenvalue weighted by Crippen LogP contribution is 2.30. The van der Waals surface area contributed by atoms with Crippen LogP contribution in [0.25, 0.3) is 22.0 Å². The molecule has 5 N–H and O–H groups in total. The molecule has 0 aliphatic carbocycles. The van der Waals surface area contributed by atoms with Gasteiger partial charge < -0.3 is 11.1 Å². The van der Waals surface area contributed by atoms with Gasteiger partial charge in [-0.05, 0) is 29.8 Å². The van der Waals surface area contributed by atoms with Crippen LogP contribution in [0.15, 0.2) is 71.9 Å². The second-order valence-corrected chi connectivity index (χ2v) is 7.67. The van der Waals surface area contributed by atoms with E-state index in [1.54, 1.807) is 18.3 Å². The second-order valence-electron chi connectivity index (χ2n) is 6.11. The third kappa shape index (κ3) is 3.61. The van der Waals surface area contributed by atoms with E-state index < -0.39 is 10.0 Å². The predicted molar refractivity (Wildman–Crippen MR) is 108 cm³/mol. The van der Waals surface area contributed by atoms with Gasteiger partial charge in [-0.25, -0.2) is 18.5 Å². The van der Waals surface area contributed by atoms with Crippen LogP contribution in [0.3, 0.4) is 0 Å². The number of anilines is 3. The summed E-state index contributed by atoms with van der Waals surface area (Å²) in [5, 5.41) is 9.39. The van der Waals surface area contributed by atoms with E-state index in [1.165, 1.54) is 18.3 Å². The summed E-state index contributed by atoms with van der Waals surface area (Å²) >= 11 is 0. The lowest BCUT2D eigenvalue weighted by Crippen LogP contribution is -2.12. The first-order chi connectivity index (χ1) is 13.4. The number of pyridine rings is 1. The first-order valence-electron chi connectivity index (χ1n) is 8.28. The van der Waals surface area contributed by atoms with Gasteiger partial charge in [-0.1, -0.05) is 30.3 Å². The lowest BCUT2D eigenvalue weighted by Gasteiger charge is -2.12. The maximum atomic E-state index is 11.7. The Morgan fingerprint density at radius 3 is 2.57 bits per heavy atom. The van der Waals surface area contributed by atoms with Gasteiger partial charge in [0.2, 0.25) is 16.0 Å². The summed E-state index contributed by atoms with van der Waals surface area (Å²) in [5.41, 5.74) is 8.50. The molecule has 2 aromatic carbocycles. The largest absolute Gasteiger partial charge is 0.368 e. The van der Waals surface area contributed by atoms with Gasteiger partial charge in [0.15, 0.2) is 0 Å². The Morgan fingerprint density at radius 2 is 1.75 bits per heavy atom. The standard InChI is InChI=1S/C19H16N6O2S/c20-19-23-11-16(12-5-3-6-15(9-12)28(21,26)27)18(25-19)24-14-8-13-4-1-2-7-17(13)22-10-14/h1-11H,(H2,21,26,27)(H3,20,23,24,25). The summed E-state index contributed by atoms with van der Waals surface area (Å²) < 4.78 is 23.3. The fourth-order valence-corrected chi connectivity index (χ4v) is 3.38. The van der Waals surface area contributed by atoms with E-state index in [1.807, 2.05) is 30.3 Å². The first kappa shape index (κ1) is 17.8. The van der Waals surface area contributed by atoms with Gasteiger partial charge in [-0.2, -0.15) is 4.98 Å². The van der Waals surface area contributed by atoms with E-state index in [4.69, 9.17) is 10.9 Å². The number of hydrogen-bond donors (Lipinski definition) is 3. The number of nitrogens with zero attached hydrogens (tertiary/aromatic N) is 3. The molecule has 9 heteroatoms. The van der Waals surface area contributed by atoms with Gasteiger partial charge in [0.05, 0.1) is 22.3 Å². The molecule has 0 bridgehead atoms. The van der Waals surface area contributed by atoms with E-state index in [2.05, 4.69) is 20.3 Å². The number of rotatable bonds is 4. The molecule has 4 rings (SSSR count). The van der Waals surface area contributed by atoms with E-state index in [0.29, 0.717) is 22.6 Å². The predicted octanol–water partition coefficient (Wildman–Crippen LogP) is 2.67. The molecule has 0 unspecified atom stereocenters. The molecule has 0 spiro atoms. The molecule has 140 valence electrons. The number of nitrogens with two attached hydrogens (primary N) is 2. The zero-order valence-electron chi connectivity index (χ0n) is 14.6. The lowest BCUT2D eigenvalue weighted by molar-refractivity contribution is 0.598. The topological polar surface area (TPSA) is 137 Å². The summed E-state index contributed by atoms with van der Waals surface area (Å²) in [4.78, 5) is 12.7. The maximum absolute atomic E-state index is 11.7. The molecule has 0 radical (unpaired) electrons. The number of primary sulfonamides is 1. The highest BCUT2D eigenvalue weighted by atomic mass is 32.2. The fraction of sp³-hybridized carbons (Fsp3) is 0. The maximum Gasteiger partial charge on any atom is 0.238 e. The number of aromatic nitrogens is 3. The zero-order chi connectivity index (χ0) is 19.7.